The van der Waals surface area contributed by atoms with Crippen LogP contribution in [0, 0.1) is 0 Å². The maximum Gasteiger partial charge on any atom is 0.330 e. The number of aliphatic hydroxyl groups excluding tert-OH is 1. The minimum Gasteiger partial charge on any atom is -0.460 e. The maximum atomic E-state index is 10.5. The molecule has 0 fully saturated rings. The van der Waals surface area contributed by atoms with E-state index >= 15 is 0 Å². The largest absolute Gasteiger partial charge is 0.460 e. The van der Waals surface area contributed by atoms with Crippen molar-refractivity contribution < 1.29 is 14.6 Å². The zero-order valence-corrected chi connectivity index (χ0v) is 6.75. The van der Waals surface area contributed by atoms with Gasteiger partial charge >= 0.3 is 5.97 Å². The summed E-state index contributed by atoms with van der Waals surface area (Å²) in [6, 6.07) is 0. The first-order valence-electron chi connectivity index (χ1n) is 3.68. The Morgan fingerprint density at radius 1 is 1.82 bits per heavy atom. The highest BCUT2D eigenvalue weighted by molar-refractivity contribution is 5.81. The average molecular weight is 158 g/mol. The minimum atomic E-state index is -0.538. The molecule has 64 valence electrons. The van der Waals surface area contributed by atoms with Crippen LogP contribution in [0.15, 0.2) is 12.7 Å². The molecule has 0 aromatic carbocycles. The number of carbonyl (C=O) groups excluding carboxylic acids is 1. The van der Waals surface area contributed by atoms with Gasteiger partial charge in [0.2, 0.25) is 0 Å². The van der Waals surface area contributed by atoms with E-state index in [0.717, 1.165) is 12.5 Å². The lowest BCUT2D eigenvalue weighted by atomic mass is 10.2. The molecule has 0 saturated heterocycles. The first kappa shape index (κ1) is 10.2. The zero-order chi connectivity index (χ0) is 8.69. The van der Waals surface area contributed by atoms with Crippen LogP contribution in [-0.2, 0) is 9.53 Å². The highest BCUT2D eigenvalue weighted by Gasteiger charge is 2.04. The van der Waals surface area contributed by atoms with E-state index < -0.39 is 12.1 Å². The molecular weight excluding hydrogens is 144 g/mol. The van der Waals surface area contributed by atoms with Gasteiger partial charge in [0.05, 0.1) is 6.10 Å². The number of hydrogen-bond acceptors (Lipinski definition) is 3. The van der Waals surface area contributed by atoms with Crippen LogP contribution < -0.4 is 0 Å². The van der Waals surface area contributed by atoms with E-state index in [1.165, 1.54) is 0 Å². The molecule has 0 amide bonds. The van der Waals surface area contributed by atoms with Gasteiger partial charge in [-0.1, -0.05) is 19.9 Å². The van der Waals surface area contributed by atoms with Gasteiger partial charge in [0.25, 0.3) is 0 Å². The first-order chi connectivity index (χ1) is 5.20. The summed E-state index contributed by atoms with van der Waals surface area (Å²) < 4.78 is 4.60. The summed E-state index contributed by atoms with van der Waals surface area (Å²) in [4.78, 5) is 10.5. The Kier molecular flexibility index (Phi) is 5.47. The van der Waals surface area contributed by atoms with E-state index in [1.54, 1.807) is 0 Å². The molecule has 0 unspecified atom stereocenters. The Labute approximate surface area is 66.7 Å². The van der Waals surface area contributed by atoms with Crippen LogP contribution in [0.25, 0.3) is 0 Å². The fourth-order valence-electron chi connectivity index (χ4n) is 0.654. The summed E-state index contributed by atoms with van der Waals surface area (Å²) in [5.41, 5.74) is 0. The van der Waals surface area contributed by atoms with E-state index in [2.05, 4.69) is 11.3 Å². The molecule has 3 heteroatoms. The standard InChI is InChI=1S/C8H14O3/c1-3-5-7(9)6-11-8(10)4-2/h4,7,9H,2-3,5-6H2,1H3/t7-/m1/s1. The van der Waals surface area contributed by atoms with Crippen molar-refractivity contribution in [3.8, 4) is 0 Å². The summed E-state index contributed by atoms with van der Waals surface area (Å²) in [5, 5.41) is 9.08. The van der Waals surface area contributed by atoms with Crippen molar-refractivity contribution in [3.63, 3.8) is 0 Å². The first-order valence-corrected chi connectivity index (χ1v) is 3.68. The van der Waals surface area contributed by atoms with Gasteiger partial charge in [0, 0.05) is 6.08 Å². The number of esters is 1. The third-order valence-electron chi connectivity index (χ3n) is 1.21. The SMILES string of the molecule is C=CC(=O)OC[C@H](O)CCC. The maximum absolute atomic E-state index is 10.5. The van der Waals surface area contributed by atoms with Gasteiger partial charge in [-0.05, 0) is 6.42 Å². The quantitative estimate of drug-likeness (QED) is 0.477. The second-order valence-corrected chi connectivity index (χ2v) is 2.28. The molecule has 0 radical (unpaired) electrons. The molecule has 0 saturated carbocycles. The second kappa shape index (κ2) is 5.92. The van der Waals surface area contributed by atoms with Crippen LogP contribution in [0.4, 0.5) is 0 Å². The molecule has 0 aliphatic carbocycles. The molecule has 1 atom stereocenters. The van der Waals surface area contributed by atoms with Gasteiger partial charge in [-0.15, -0.1) is 0 Å². The molecule has 0 bridgehead atoms. The molecule has 0 aromatic rings. The zero-order valence-electron chi connectivity index (χ0n) is 6.75. The molecule has 0 aromatic heterocycles. The Morgan fingerprint density at radius 2 is 2.45 bits per heavy atom. The predicted octanol–water partition coefficient (Wildman–Crippen LogP) is 0.877. The molecule has 0 heterocycles. The second-order valence-electron chi connectivity index (χ2n) is 2.28. The Bertz CT molecular complexity index is 131. The van der Waals surface area contributed by atoms with E-state index in [-0.39, 0.29) is 6.61 Å². The molecule has 1 N–H and O–H groups in total. The Balaban J connectivity index is 3.37. The van der Waals surface area contributed by atoms with E-state index in [4.69, 9.17) is 5.11 Å². The Hall–Kier alpha value is -0.830. The highest BCUT2D eigenvalue weighted by Crippen LogP contribution is 1.96. The van der Waals surface area contributed by atoms with Crippen molar-refractivity contribution in [2.45, 2.75) is 25.9 Å². The summed E-state index contributed by atoms with van der Waals surface area (Å²) in [6.45, 7) is 5.25. The number of aliphatic hydroxyl groups is 1. The van der Waals surface area contributed by atoms with Gasteiger partial charge < -0.3 is 9.84 Å². The fourth-order valence-corrected chi connectivity index (χ4v) is 0.654. The smallest absolute Gasteiger partial charge is 0.330 e. The van der Waals surface area contributed by atoms with Crippen LogP contribution in [-0.4, -0.2) is 23.8 Å². The van der Waals surface area contributed by atoms with Crippen LogP contribution in [0.2, 0.25) is 0 Å². The summed E-state index contributed by atoms with van der Waals surface area (Å²) in [7, 11) is 0. The van der Waals surface area contributed by atoms with Crippen molar-refractivity contribution in [1.29, 1.82) is 0 Å². The number of ether oxygens (including phenoxy) is 1. The summed E-state index contributed by atoms with van der Waals surface area (Å²) >= 11 is 0. The van der Waals surface area contributed by atoms with Crippen molar-refractivity contribution in [3.05, 3.63) is 12.7 Å². The number of hydrogen-bond donors (Lipinski definition) is 1. The van der Waals surface area contributed by atoms with Crippen LogP contribution in [0.3, 0.4) is 0 Å². The van der Waals surface area contributed by atoms with Gasteiger partial charge in [-0.25, -0.2) is 4.79 Å². The third kappa shape index (κ3) is 5.61. The molecule has 11 heavy (non-hydrogen) atoms. The Morgan fingerprint density at radius 3 is 2.91 bits per heavy atom. The normalized spacial score (nSPS) is 12.2. The molecule has 0 rings (SSSR count). The predicted molar refractivity (Wildman–Crippen MR) is 42.1 cm³/mol. The minimum absolute atomic E-state index is 0.0681. The molecule has 0 aliphatic heterocycles. The van der Waals surface area contributed by atoms with E-state index in [0.29, 0.717) is 6.42 Å². The molecule has 0 spiro atoms. The van der Waals surface area contributed by atoms with Crippen LogP contribution >= 0.6 is 0 Å². The number of carbonyl (C=O) groups is 1. The van der Waals surface area contributed by atoms with Gasteiger partial charge in [-0.3, -0.25) is 0 Å². The third-order valence-corrected chi connectivity index (χ3v) is 1.21. The summed E-state index contributed by atoms with van der Waals surface area (Å²) in [6.07, 6.45) is 2.08. The molecular formula is C8H14O3. The van der Waals surface area contributed by atoms with Crippen molar-refractivity contribution in [2.75, 3.05) is 6.61 Å². The number of rotatable bonds is 5. The highest BCUT2D eigenvalue weighted by atomic mass is 16.5. The van der Waals surface area contributed by atoms with Crippen molar-refractivity contribution in [1.82, 2.24) is 0 Å². The topological polar surface area (TPSA) is 46.5 Å². The van der Waals surface area contributed by atoms with Gasteiger partial charge in [0.15, 0.2) is 0 Å². The van der Waals surface area contributed by atoms with Crippen LogP contribution in [0.5, 0.6) is 0 Å². The molecule has 0 aliphatic rings. The summed E-state index contributed by atoms with van der Waals surface area (Å²) in [5.74, 6) is -0.486. The monoisotopic (exact) mass is 158 g/mol. The van der Waals surface area contributed by atoms with Gasteiger partial charge in [-0.2, -0.15) is 0 Å². The average Bonchev–Trinajstić information content (AvgIpc) is 2.01. The lowest BCUT2D eigenvalue weighted by Gasteiger charge is -2.07. The van der Waals surface area contributed by atoms with E-state index in [9.17, 15) is 4.79 Å². The lowest BCUT2D eigenvalue weighted by molar-refractivity contribution is -0.140. The van der Waals surface area contributed by atoms with E-state index in [1.807, 2.05) is 6.92 Å². The van der Waals surface area contributed by atoms with Gasteiger partial charge in [0.1, 0.15) is 6.61 Å². The molecule has 3 nitrogen and oxygen atoms in total. The van der Waals surface area contributed by atoms with Crippen molar-refractivity contribution >= 4 is 5.97 Å². The lowest BCUT2D eigenvalue weighted by Crippen LogP contribution is -2.16. The van der Waals surface area contributed by atoms with Crippen molar-refractivity contribution in [2.24, 2.45) is 0 Å². The van der Waals surface area contributed by atoms with Crippen LogP contribution in [0.1, 0.15) is 19.8 Å². The fraction of sp³-hybridized carbons (Fsp3) is 0.625.